The van der Waals surface area contributed by atoms with Gasteiger partial charge in [0.25, 0.3) is 0 Å². The first-order valence-corrected chi connectivity index (χ1v) is 5.57. The van der Waals surface area contributed by atoms with Gasteiger partial charge in [-0.3, -0.25) is 0 Å². The van der Waals surface area contributed by atoms with Crippen LogP contribution in [0.25, 0.3) is 22.1 Å². The number of fused-ring (bicyclic) bond motifs is 2. The number of H-pyrrole nitrogens is 2. The lowest BCUT2D eigenvalue weighted by Gasteiger charge is -1.82. The van der Waals surface area contributed by atoms with E-state index in [1.807, 2.05) is 48.7 Å². The molecule has 4 aromatic rings. The normalized spacial score (nSPS) is 10.2. The summed E-state index contributed by atoms with van der Waals surface area (Å²) in [5, 5.41) is 11.5. The van der Waals surface area contributed by atoms with Crippen molar-refractivity contribution < 1.29 is 2.85 Å². The quantitative estimate of drug-likeness (QED) is 0.497. The van der Waals surface area contributed by atoms with Crippen molar-refractivity contribution in [3.63, 3.8) is 0 Å². The molecule has 4 rings (SSSR count). The Kier molecular flexibility index (Phi) is 2.71. The molecule has 3 aromatic heterocycles. The Bertz CT molecular complexity index is 639. The molecule has 5 nitrogen and oxygen atoms in total. The van der Waals surface area contributed by atoms with Crippen LogP contribution in [0.4, 0.5) is 0 Å². The van der Waals surface area contributed by atoms with Crippen molar-refractivity contribution in [1.82, 2.24) is 25.4 Å². The maximum Gasteiger partial charge on any atom is 0.137 e. The molecule has 0 amide bonds. The van der Waals surface area contributed by atoms with E-state index in [-0.39, 0.29) is 2.85 Å². The number of pyridine rings is 1. The SMILES string of the molecule is [HH].[HH].c1ccc2n[nH]nc2c1.c1cnc2[nH]ccc2c1. The molecule has 18 heavy (non-hydrogen) atoms. The van der Waals surface area contributed by atoms with Crippen molar-refractivity contribution in [3.8, 4) is 0 Å². The molecular weight excluding hydrogens is 226 g/mol. The van der Waals surface area contributed by atoms with Crippen LogP contribution in [-0.4, -0.2) is 25.4 Å². The molecule has 0 saturated heterocycles. The molecule has 0 atom stereocenters. The van der Waals surface area contributed by atoms with Crippen LogP contribution >= 0.6 is 0 Å². The maximum absolute atomic E-state index is 4.09. The van der Waals surface area contributed by atoms with E-state index in [4.69, 9.17) is 0 Å². The summed E-state index contributed by atoms with van der Waals surface area (Å²) >= 11 is 0. The average Bonchev–Trinajstić information content (AvgIpc) is 3.08. The van der Waals surface area contributed by atoms with Crippen molar-refractivity contribution in [2.45, 2.75) is 0 Å². The Morgan fingerprint density at radius 2 is 1.67 bits per heavy atom. The molecule has 0 unspecified atom stereocenters. The number of para-hydroxylation sites is 2. The average molecular weight is 241 g/mol. The van der Waals surface area contributed by atoms with E-state index in [2.05, 4.69) is 25.4 Å². The number of hydrogen-bond acceptors (Lipinski definition) is 3. The number of aromatic nitrogens is 5. The minimum absolute atomic E-state index is 0. The zero-order chi connectivity index (χ0) is 12.2. The first-order chi connectivity index (χ1) is 8.93. The molecule has 1 aromatic carbocycles. The van der Waals surface area contributed by atoms with Crippen molar-refractivity contribution in [2.24, 2.45) is 0 Å². The first kappa shape index (κ1) is 10.5. The summed E-state index contributed by atoms with van der Waals surface area (Å²) in [7, 11) is 0. The zero-order valence-corrected chi connectivity index (χ0v) is 9.54. The second-order valence-electron chi connectivity index (χ2n) is 3.73. The number of rotatable bonds is 0. The van der Waals surface area contributed by atoms with E-state index >= 15 is 0 Å². The molecule has 0 bridgehead atoms. The highest BCUT2D eigenvalue weighted by atomic mass is 15.3. The van der Waals surface area contributed by atoms with E-state index in [1.54, 1.807) is 6.20 Å². The van der Waals surface area contributed by atoms with Crippen LogP contribution in [0.15, 0.2) is 54.9 Å². The van der Waals surface area contributed by atoms with Crippen LogP contribution in [-0.2, 0) is 0 Å². The fraction of sp³-hybridized carbons (Fsp3) is 0. The predicted octanol–water partition coefficient (Wildman–Crippen LogP) is 3.01. The van der Waals surface area contributed by atoms with Gasteiger partial charge < -0.3 is 4.98 Å². The molecule has 3 heterocycles. The number of aromatic amines is 2. The van der Waals surface area contributed by atoms with Crippen LogP contribution in [0.3, 0.4) is 0 Å². The Morgan fingerprint density at radius 1 is 0.889 bits per heavy atom. The molecule has 0 fully saturated rings. The summed E-state index contributed by atoms with van der Waals surface area (Å²) in [6.45, 7) is 0. The number of nitrogens with one attached hydrogen (secondary N) is 2. The van der Waals surface area contributed by atoms with Gasteiger partial charge in [0.2, 0.25) is 0 Å². The van der Waals surface area contributed by atoms with Crippen LogP contribution in [0.1, 0.15) is 2.85 Å². The Balaban J connectivity index is 0.000000182. The third-order valence-corrected chi connectivity index (χ3v) is 2.54. The monoisotopic (exact) mass is 241 g/mol. The second kappa shape index (κ2) is 4.67. The van der Waals surface area contributed by atoms with Gasteiger partial charge in [-0.15, -0.1) is 0 Å². The summed E-state index contributed by atoms with van der Waals surface area (Å²) in [5.41, 5.74) is 2.78. The number of nitrogens with zero attached hydrogens (tertiary/aromatic N) is 3. The highest BCUT2D eigenvalue weighted by Gasteiger charge is 1.90. The molecule has 0 aliphatic carbocycles. The molecule has 5 heteroatoms. The highest BCUT2D eigenvalue weighted by molar-refractivity contribution is 5.74. The number of hydrogen-bond donors (Lipinski definition) is 2. The van der Waals surface area contributed by atoms with E-state index in [1.165, 1.54) is 0 Å². The zero-order valence-electron chi connectivity index (χ0n) is 9.54. The van der Waals surface area contributed by atoms with Crippen LogP contribution in [0, 0.1) is 0 Å². The minimum Gasteiger partial charge on any atom is -0.346 e. The second-order valence-corrected chi connectivity index (χ2v) is 3.73. The van der Waals surface area contributed by atoms with Gasteiger partial charge in [0, 0.05) is 20.6 Å². The fourth-order valence-electron chi connectivity index (χ4n) is 1.67. The van der Waals surface area contributed by atoms with Gasteiger partial charge in [0.15, 0.2) is 0 Å². The van der Waals surface area contributed by atoms with Gasteiger partial charge in [0.05, 0.1) is 0 Å². The van der Waals surface area contributed by atoms with Crippen LogP contribution in [0.5, 0.6) is 0 Å². The lowest BCUT2D eigenvalue weighted by molar-refractivity contribution is 0.959. The van der Waals surface area contributed by atoms with Crippen molar-refractivity contribution in [3.05, 3.63) is 54.9 Å². The number of benzene rings is 1. The summed E-state index contributed by atoms with van der Waals surface area (Å²) in [6, 6.07) is 13.7. The first-order valence-electron chi connectivity index (χ1n) is 5.57. The van der Waals surface area contributed by atoms with E-state index in [0.29, 0.717) is 0 Å². The maximum atomic E-state index is 4.09. The molecular formula is C13H15N5. The fourth-order valence-corrected chi connectivity index (χ4v) is 1.67. The summed E-state index contributed by atoms with van der Waals surface area (Å²) in [5.74, 6) is 0. The smallest absolute Gasteiger partial charge is 0.137 e. The Morgan fingerprint density at radius 3 is 2.39 bits per heavy atom. The Labute approximate surface area is 106 Å². The molecule has 92 valence electrons. The molecule has 0 radical (unpaired) electrons. The topological polar surface area (TPSA) is 70.2 Å². The van der Waals surface area contributed by atoms with E-state index in [9.17, 15) is 0 Å². The van der Waals surface area contributed by atoms with Crippen LogP contribution in [0.2, 0.25) is 0 Å². The predicted molar refractivity (Wildman–Crippen MR) is 74.2 cm³/mol. The standard InChI is InChI=1S/C7H6N2.C6H5N3.2H2/c1-2-6-3-5-9-7(6)8-4-1;1-2-4-6-5(3-1)7-9-8-6;;/h1-5H,(H,8,9);1-4H,(H,7,8,9);2*1H. The summed E-state index contributed by atoms with van der Waals surface area (Å²) in [4.78, 5) is 7.09. The van der Waals surface area contributed by atoms with Gasteiger partial charge in [-0.2, -0.15) is 15.4 Å². The van der Waals surface area contributed by atoms with Gasteiger partial charge in [0.1, 0.15) is 16.7 Å². The molecule has 0 spiro atoms. The largest absolute Gasteiger partial charge is 0.346 e. The van der Waals surface area contributed by atoms with Gasteiger partial charge in [-0.05, 0) is 30.3 Å². The van der Waals surface area contributed by atoms with Gasteiger partial charge >= 0.3 is 0 Å². The van der Waals surface area contributed by atoms with Crippen molar-refractivity contribution in [1.29, 1.82) is 0 Å². The third kappa shape index (κ3) is 2.06. The Hall–Kier alpha value is -2.69. The molecule has 0 saturated carbocycles. The summed E-state index contributed by atoms with van der Waals surface area (Å²) < 4.78 is 0. The van der Waals surface area contributed by atoms with E-state index < -0.39 is 0 Å². The van der Waals surface area contributed by atoms with Gasteiger partial charge in [-0.25, -0.2) is 4.98 Å². The van der Waals surface area contributed by atoms with E-state index in [0.717, 1.165) is 22.1 Å². The molecule has 2 N–H and O–H groups in total. The van der Waals surface area contributed by atoms with Crippen molar-refractivity contribution >= 4 is 22.1 Å². The van der Waals surface area contributed by atoms with Crippen LogP contribution < -0.4 is 0 Å². The highest BCUT2D eigenvalue weighted by Crippen LogP contribution is 2.05. The van der Waals surface area contributed by atoms with Gasteiger partial charge in [-0.1, -0.05) is 12.1 Å². The molecule has 0 aliphatic heterocycles. The lowest BCUT2D eigenvalue weighted by Crippen LogP contribution is -1.70. The third-order valence-electron chi connectivity index (χ3n) is 2.54. The molecule has 0 aliphatic rings. The lowest BCUT2D eigenvalue weighted by atomic mass is 10.3. The summed E-state index contributed by atoms with van der Waals surface area (Å²) in [6.07, 6.45) is 3.66. The minimum atomic E-state index is 0. The van der Waals surface area contributed by atoms with Crippen molar-refractivity contribution in [2.75, 3.05) is 0 Å².